The quantitative estimate of drug-likeness (QED) is 0.474. The van der Waals surface area contributed by atoms with E-state index >= 15 is 0 Å². The number of hydrogen-bond acceptors (Lipinski definition) is 5. The van der Waals surface area contributed by atoms with Crippen molar-refractivity contribution in [2.75, 3.05) is 45.2 Å². The highest BCUT2D eigenvalue weighted by atomic mass is 79.9. The molecule has 2 amide bonds. The lowest BCUT2D eigenvalue weighted by molar-refractivity contribution is -0.125. The van der Waals surface area contributed by atoms with Gasteiger partial charge in [-0.15, -0.1) is 0 Å². The minimum Gasteiger partial charge on any atom is -0.367 e. The van der Waals surface area contributed by atoms with Gasteiger partial charge in [-0.2, -0.15) is 0 Å². The number of aromatic amines is 1. The molecule has 1 atom stereocenters. The van der Waals surface area contributed by atoms with Gasteiger partial charge in [-0.25, -0.2) is 0 Å². The molecule has 1 saturated heterocycles. The smallest absolute Gasteiger partial charge is 0.252 e. The Balaban J connectivity index is 1.75. The summed E-state index contributed by atoms with van der Waals surface area (Å²) in [5.41, 5.74) is 2.67. The second kappa shape index (κ2) is 12.2. The van der Waals surface area contributed by atoms with Gasteiger partial charge in [0, 0.05) is 72.3 Å². The molecule has 1 aromatic carbocycles. The fourth-order valence-electron chi connectivity index (χ4n) is 4.36. The number of nitrogens with one attached hydrogen (secondary N) is 2. The molecule has 0 saturated carbocycles. The summed E-state index contributed by atoms with van der Waals surface area (Å²) in [6.45, 7) is 7.00. The lowest BCUT2D eigenvalue weighted by Crippen LogP contribution is -2.39. The molecule has 1 aromatic heterocycles. The van der Waals surface area contributed by atoms with Crippen LogP contribution in [0.5, 0.6) is 0 Å². The van der Waals surface area contributed by atoms with Crippen molar-refractivity contribution >= 4 is 33.4 Å². The number of H-pyrrole nitrogens is 1. The SMILES string of the molecule is CCN(c1cc(Br)cc(C(=O)NCc2ccc[nH]c2=O)c1C)C1CCN(C(=O)/C=C/CN(C)C)C1. The third kappa shape index (κ3) is 6.82. The van der Waals surface area contributed by atoms with Crippen LogP contribution in [0.25, 0.3) is 0 Å². The van der Waals surface area contributed by atoms with E-state index in [1.165, 1.54) is 0 Å². The van der Waals surface area contributed by atoms with Crippen LogP contribution < -0.4 is 15.8 Å². The zero-order valence-electron chi connectivity index (χ0n) is 20.8. The molecule has 1 unspecified atom stereocenters. The van der Waals surface area contributed by atoms with Crippen molar-refractivity contribution < 1.29 is 9.59 Å². The fraction of sp³-hybridized carbons (Fsp3) is 0.423. The number of aromatic nitrogens is 1. The summed E-state index contributed by atoms with van der Waals surface area (Å²) in [5.74, 6) is -0.203. The van der Waals surface area contributed by atoms with Crippen LogP contribution in [-0.2, 0) is 11.3 Å². The second-order valence-corrected chi connectivity index (χ2v) is 9.90. The fourth-order valence-corrected chi connectivity index (χ4v) is 4.80. The van der Waals surface area contributed by atoms with E-state index in [0.717, 1.165) is 35.2 Å². The summed E-state index contributed by atoms with van der Waals surface area (Å²) < 4.78 is 0.803. The van der Waals surface area contributed by atoms with Gasteiger partial charge in [0.05, 0.1) is 0 Å². The van der Waals surface area contributed by atoms with Gasteiger partial charge in [-0.3, -0.25) is 14.4 Å². The second-order valence-electron chi connectivity index (χ2n) is 8.98. The summed E-state index contributed by atoms with van der Waals surface area (Å²) in [6.07, 6.45) is 5.98. The Morgan fingerprint density at radius 2 is 2.09 bits per heavy atom. The molecule has 0 aliphatic carbocycles. The van der Waals surface area contributed by atoms with Crippen molar-refractivity contribution in [3.05, 3.63) is 74.1 Å². The molecule has 1 fully saturated rings. The van der Waals surface area contributed by atoms with Crippen molar-refractivity contribution in [1.82, 2.24) is 20.1 Å². The summed E-state index contributed by atoms with van der Waals surface area (Å²) in [5, 5.41) is 2.87. The van der Waals surface area contributed by atoms with E-state index in [0.29, 0.717) is 24.2 Å². The van der Waals surface area contributed by atoms with E-state index in [1.807, 2.05) is 43.0 Å². The molecular formula is C26H34BrN5O3. The Labute approximate surface area is 215 Å². The Kier molecular flexibility index (Phi) is 9.28. The van der Waals surface area contributed by atoms with Crippen LogP contribution in [0.15, 0.2) is 51.9 Å². The van der Waals surface area contributed by atoms with Gasteiger partial charge in [-0.1, -0.05) is 28.1 Å². The molecule has 35 heavy (non-hydrogen) atoms. The predicted molar refractivity (Wildman–Crippen MR) is 143 cm³/mol. The number of rotatable bonds is 9. The van der Waals surface area contributed by atoms with Crippen molar-refractivity contribution in [2.24, 2.45) is 0 Å². The van der Waals surface area contributed by atoms with Crippen LogP contribution in [0.1, 0.15) is 34.8 Å². The molecule has 2 aromatic rings. The van der Waals surface area contributed by atoms with Gasteiger partial charge in [0.25, 0.3) is 11.5 Å². The maximum absolute atomic E-state index is 13.0. The number of carbonyl (C=O) groups is 2. The van der Waals surface area contributed by atoms with Crippen molar-refractivity contribution in [1.29, 1.82) is 0 Å². The van der Waals surface area contributed by atoms with Gasteiger partial charge >= 0.3 is 0 Å². The Hall–Kier alpha value is -2.91. The van der Waals surface area contributed by atoms with Crippen LogP contribution in [0.2, 0.25) is 0 Å². The van der Waals surface area contributed by atoms with E-state index in [2.05, 4.69) is 38.1 Å². The molecule has 0 spiro atoms. The summed E-state index contributed by atoms with van der Waals surface area (Å²) in [7, 11) is 3.94. The van der Waals surface area contributed by atoms with Crippen molar-refractivity contribution in [2.45, 2.75) is 32.9 Å². The molecule has 1 aliphatic rings. The highest BCUT2D eigenvalue weighted by Crippen LogP contribution is 2.32. The largest absolute Gasteiger partial charge is 0.367 e. The van der Waals surface area contributed by atoms with Crippen LogP contribution >= 0.6 is 15.9 Å². The minimum atomic E-state index is -0.237. The number of pyridine rings is 1. The minimum absolute atomic E-state index is 0.0346. The third-order valence-corrected chi connectivity index (χ3v) is 6.68. The number of anilines is 1. The molecule has 0 bridgehead atoms. The zero-order valence-corrected chi connectivity index (χ0v) is 22.4. The Morgan fingerprint density at radius 1 is 1.31 bits per heavy atom. The number of amides is 2. The number of benzene rings is 1. The monoisotopic (exact) mass is 543 g/mol. The summed E-state index contributed by atoms with van der Waals surface area (Å²) in [6, 6.07) is 7.42. The number of halogens is 1. The lowest BCUT2D eigenvalue weighted by atomic mass is 10.0. The molecule has 1 aliphatic heterocycles. The number of hydrogen-bond donors (Lipinski definition) is 2. The predicted octanol–water partition coefficient (Wildman–Crippen LogP) is 2.92. The maximum atomic E-state index is 13.0. The molecular weight excluding hydrogens is 510 g/mol. The van der Waals surface area contributed by atoms with E-state index in [1.54, 1.807) is 30.5 Å². The molecule has 8 nitrogen and oxygen atoms in total. The first-order chi connectivity index (χ1) is 16.7. The van der Waals surface area contributed by atoms with Crippen LogP contribution in [0.3, 0.4) is 0 Å². The van der Waals surface area contributed by atoms with Crippen LogP contribution in [0.4, 0.5) is 5.69 Å². The first-order valence-electron chi connectivity index (χ1n) is 11.8. The third-order valence-electron chi connectivity index (χ3n) is 6.23. The topological polar surface area (TPSA) is 88.7 Å². The first kappa shape index (κ1) is 26.7. The number of likely N-dealkylation sites (N-methyl/N-ethyl adjacent to an activating group) is 2. The summed E-state index contributed by atoms with van der Waals surface area (Å²) in [4.78, 5) is 46.4. The standard InChI is InChI=1S/C26H34BrN5O3/c1-5-32(21-10-13-31(17-21)24(33)9-7-12-30(3)4)23-15-20(27)14-22(18(23)2)26(35)29-16-19-8-6-11-28-25(19)34/h6-9,11,14-15,21H,5,10,12-13,16-17H2,1-4H3,(H,28,34)(H,29,35)/b9-7+. The van der Waals surface area contributed by atoms with Gasteiger partial charge in [0.2, 0.25) is 5.91 Å². The maximum Gasteiger partial charge on any atom is 0.252 e. The average Bonchev–Trinajstić information content (AvgIpc) is 3.30. The first-order valence-corrected chi connectivity index (χ1v) is 12.6. The molecule has 0 radical (unpaired) electrons. The zero-order chi connectivity index (χ0) is 25.5. The van der Waals surface area contributed by atoms with Gasteiger partial charge in [0.15, 0.2) is 0 Å². The molecule has 2 N–H and O–H groups in total. The molecule has 9 heteroatoms. The van der Waals surface area contributed by atoms with Crippen molar-refractivity contribution in [3.63, 3.8) is 0 Å². The molecule has 188 valence electrons. The highest BCUT2D eigenvalue weighted by molar-refractivity contribution is 9.10. The van der Waals surface area contributed by atoms with E-state index in [-0.39, 0.29) is 30.0 Å². The number of carbonyl (C=O) groups excluding carboxylic acids is 2. The van der Waals surface area contributed by atoms with E-state index < -0.39 is 0 Å². The van der Waals surface area contributed by atoms with Crippen molar-refractivity contribution in [3.8, 4) is 0 Å². The normalized spacial score (nSPS) is 15.7. The highest BCUT2D eigenvalue weighted by Gasteiger charge is 2.30. The van der Waals surface area contributed by atoms with E-state index in [9.17, 15) is 14.4 Å². The van der Waals surface area contributed by atoms with Gasteiger partial charge in [-0.05, 0) is 58.1 Å². The van der Waals surface area contributed by atoms with E-state index in [4.69, 9.17) is 0 Å². The van der Waals surface area contributed by atoms with Crippen LogP contribution in [0, 0.1) is 6.92 Å². The Bertz CT molecular complexity index is 1140. The lowest BCUT2D eigenvalue weighted by Gasteiger charge is -2.32. The van der Waals surface area contributed by atoms with Gasteiger partial charge < -0.3 is 25.0 Å². The number of likely N-dealkylation sites (tertiary alicyclic amines) is 1. The summed E-state index contributed by atoms with van der Waals surface area (Å²) >= 11 is 3.57. The van der Waals surface area contributed by atoms with Crippen LogP contribution in [-0.4, -0.2) is 72.9 Å². The Morgan fingerprint density at radius 3 is 2.77 bits per heavy atom. The van der Waals surface area contributed by atoms with Gasteiger partial charge in [0.1, 0.15) is 0 Å². The average molecular weight is 544 g/mol. The number of nitrogens with zero attached hydrogens (tertiary/aromatic N) is 3. The molecule has 3 rings (SSSR count). The molecule has 2 heterocycles.